The molecule has 18 heavy (non-hydrogen) atoms. The second-order valence-electron chi connectivity index (χ2n) is 4.79. The molecule has 1 aliphatic heterocycles. The first kappa shape index (κ1) is 12.6. The van der Waals surface area contributed by atoms with E-state index < -0.39 is 11.4 Å². The molecule has 0 saturated heterocycles. The molecular formula is C14H17NO3. The Morgan fingerprint density at radius 2 is 2.06 bits per heavy atom. The van der Waals surface area contributed by atoms with Gasteiger partial charge < -0.3 is 10.0 Å². The first-order valence-electron chi connectivity index (χ1n) is 6.14. The lowest BCUT2D eigenvalue weighted by atomic mass is 9.79. The number of carboxylic acid groups (broad SMARTS) is 1. The Morgan fingerprint density at radius 1 is 1.39 bits per heavy atom. The maximum atomic E-state index is 12.5. The van der Waals surface area contributed by atoms with Crippen LogP contribution in [0, 0.1) is 0 Å². The Hall–Kier alpha value is -1.84. The summed E-state index contributed by atoms with van der Waals surface area (Å²) in [6.07, 6.45) is 0.350. The van der Waals surface area contributed by atoms with Gasteiger partial charge in [0.2, 0.25) is 5.91 Å². The fourth-order valence-electron chi connectivity index (χ4n) is 2.61. The molecule has 0 spiro atoms. The van der Waals surface area contributed by atoms with E-state index in [1.54, 1.807) is 4.90 Å². The fourth-order valence-corrected chi connectivity index (χ4v) is 2.61. The first-order valence-corrected chi connectivity index (χ1v) is 6.14. The Morgan fingerprint density at radius 3 is 2.67 bits per heavy atom. The van der Waals surface area contributed by atoms with Crippen LogP contribution in [0.5, 0.6) is 0 Å². The molecule has 0 aliphatic carbocycles. The van der Waals surface area contributed by atoms with E-state index in [4.69, 9.17) is 5.11 Å². The average Bonchev–Trinajstić information content (AvgIpc) is 2.57. The van der Waals surface area contributed by atoms with Gasteiger partial charge >= 0.3 is 5.97 Å². The van der Waals surface area contributed by atoms with Gasteiger partial charge in [-0.1, -0.05) is 18.2 Å². The molecule has 0 bridgehead atoms. The SMILES string of the molecule is CCN1C(=O)[C@](C)(CCC(=O)O)c2ccccc21. The topological polar surface area (TPSA) is 57.6 Å². The molecule has 1 N–H and O–H groups in total. The van der Waals surface area contributed by atoms with Crippen LogP contribution in [0.4, 0.5) is 5.69 Å². The van der Waals surface area contributed by atoms with Crippen LogP contribution in [-0.2, 0) is 15.0 Å². The number of carbonyl (C=O) groups is 2. The third-order valence-corrected chi connectivity index (χ3v) is 3.66. The first-order chi connectivity index (χ1) is 8.50. The van der Waals surface area contributed by atoms with Crippen molar-refractivity contribution in [1.82, 2.24) is 0 Å². The zero-order chi connectivity index (χ0) is 13.3. The van der Waals surface area contributed by atoms with Crippen LogP contribution >= 0.6 is 0 Å². The molecular weight excluding hydrogens is 230 g/mol. The van der Waals surface area contributed by atoms with Gasteiger partial charge in [0.25, 0.3) is 0 Å². The molecule has 0 radical (unpaired) electrons. The Balaban J connectivity index is 2.42. The van der Waals surface area contributed by atoms with E-state index in [9.17, 15) is 9.59 Å². The van der Waals surface area contributed by atoms with E-state index in [0.29, 0.717) is 13.0 Å². The zero-order valence-corrected chi connectivity index (χ0v) is 10.6. The quantitative estimate of drug-likeness (QED) is 0.887. The van der Waals surface area contributed by atoms with Crippen molar-refractivity contribution >= 4 is 17.6 Å². The highest BCUT2D eigenvalue weighted by molar-refractivity contribution is 6.07. The number of hydrogen-bond acceptors (Lipinski definition) is 2. The number of fused-ring (bicyclic) bond motifs is 1. The highest BCUT2D eigenvalue weighted by Crippen LogP contribution is 2.44. The Bertz CT molecular complexity index is 498. The van der Waals surface area contributed by atoms with Crippen molar-refractivity contribution in [3.63, 3.8) is 0 Å². The van der Waals surface area contributed by atoms with E-state index in [0.717, 1.165) is 11.3 Å². The molecule has 1 atom stereocenters. The lowest BCUT2D eigenvalue weighted by Gasteiger charge is -2.23. The summed E-state index contributed by atoms with van der Waals surface area (Å²) in [7, 11) is 0. The van der Waals surface area contributed by atoms with Gasteiger partial charge in [-0.2, -0.15) is 0 Å². The number of benzene rings is 1. The number of nitrogens with zero attached hydrogens (tertiary/aromatic N) is 1. The van der Waals surface area contributed by atoms with Crippen molar-refractivity contribution in [3.05, 3.63) is 29.8 Å². The number of para-hydroxylation sites is 1. The molecule has 0 fully saturated rings. The summed E-state index contributed by atoms with van der Waals surface area (Å²) in [6.45, 7) is 4.38. The molecule has 1 aromatic carbocycles. The lowest BCUT2D eigenvalue weighted by molar-refractivity contribution is -0.137. The molecule has 1 aliphatic rings. The summed E-state index contributed by atoms with van der Waals surface area (Å²) >= 11 is 0. The molecule has 96 valence electrons. The van der Waals surface area contributed by atoms with Gasteiger partial charge in [0.1, 0.15) is 0 Å². The summed E-state index contributed by atoms with van der Waals surface area (Å²) in [5.41, 5.74) is 1.15. The average molecular weight is 247 g/mol. The van der Waals surface area contributed by atoms with Crippen molar-refractivity contribution in [2.24, 2.45) is 0 Å². The van der Waals surface area contributed by atoms with Gasteiger partial charge in [-0.25, -0.2) is 0 Å². The maximum Gasteiger partial charge on any atom is 0.303 e. The van der Waals surface area contributed by atoms with Crippen LogP contribution in [0.3, 0.4) is 0 Å². The molecule has 1 aromatic rings. The van der Waals surface area contributed by atoms with Crippen molar-refractivity contribution in [1.29, 1.82) is 0 Å². The second kappa shape index (κ2) is 4.44. The summed E-state index contributed by atoms with van der Waals surface area (Å²) < 4.78 is 0. The monoisotopic (exact) mass is 247 g/mol. The molecule has 1 amide bonds. The van der Waals surface area contributed by atoms with Crippen molar-refractivity contribution < 1.29 is 14.7 Å². The standard InChI is InChI=1S/C14H17NO3/c1-3-15-11-7-5-4-6-10(11)14(2,13(15)18)9-8-12(16)17/h4-7H,3,8-9H2,1-2H3,(H,16,17)/t14-/m1/s1. The zero-order valence-electron chi connectivity index (χ0n) is 10.6. The van der Waals surface area contributed by atoms with E-state index in [1.807, 2.05) is 38.1 Å². The van der Waals surface area contributed by atoms with E-state index in [-0.39, 0.29) is 12.3 Å². The van der Waals surface area contributed by atoms with Gasteiger partial charge in [0.05, 0.1) is 5.41 Å². The fraction of sp³-hybridized carbons (Fsp3) is 0.429. The van der Waals surface area contributed by atoms with Gasteiger partial charge in [0.15, 0.2) is 0 Å². The van der Waals surface area contributed by atoms with Crippen LogP contribution in [0.25, 0.3) is 0 Å². The largest absolute Gasteiger partial charge is 0.481 e. The number of likely N-dealkylation sites (N-methyl/N-ethyl adjacent to an activating group) is 1. The summed E-state index contributed by atoms with van der Waals surface area (Å²) in [4.78, 5) is 24.9. The summed E-state index contributed by atoms with van der Waals surface area (Å²) in [5.74, 6) is -0.857. The third-order valence-electron chi connectivity index (χ3n) is 3.66. The number of rotatable bonds is 4. The van der Waals surface area contributed by atoms with Crippen molar-refractivity contribution in [2.45, 2.75) is 32.1 Å². The van der Waals surface area contributed by atoms with E-state index in [1.165, 1.54) is 0 Å². The molecule has 0 unspecified atom stereocenters. The molecule has 4 heteroatoms. The maximum absolute atomic E-state index is 12.5. The predicted molar refractivity (Wildman–Crippen MR) is 68.7 cm³/mol. The van der Waals surface area contributed by atoms with Crippen LogP contribution in [0.2, 0.25) is 0 Å². The number of carboxylic acids is 1. The van der Waals surface area contributed by atoms with Crippen LogP contribution in [-0.4, -0.2) is 23.5 Å². The summed E-state index contributed by atoms with van der Waals surface area (Å²) in [5, 5.41) is 8.82. The molecule has 0 saturated carbocycles. The van der Waals surface area contributed by atoms with Crippen LogP contribution in [0.1, 0.15) is 32.3 Å². The van der Waals surface area contributed by atoms with Gasteiger partial charge in [-0.15, -0.1) is 0 Å². The number of carbonyl (C=O) groups excluding carboxylic acids is 1. The molecule has 0 aromatic heterocycles. The normalized spacial score (nSPS) is 22.1. The van der Waals surface area contributed by atoms with Crippen LogP contribution < -0.4 is 4.90 Å². The predicted octanol–water partition coefficient (Wildman–Crippen LogP) is 2.18. The van der Waals surface area contributed by atoms with Gasteiger partial charge in [0, 0.05) is 18.7 Å². The lowest BCUT2D eigenvalue weighted by Crippen LogP contribution is -2.38. The number of aliphatic carboxylic acids is 1. The second-order valence-corrected chi connectivity index (χ2v) is 4.79. The minimum absolute atomic E-state index is 0.00690. The van der Waals surface area contributed by atoms with Crippen LogP contribution in [0.15, 0.2) is 24.3 Å². The van der Waals surface area contributed by atoms with Crippen molar-refractivity contribution in [2.75, 3.05) is 11.4 Å². The number of amides is 1. The Labute approximate surface area is 106 Å². The third kappa shape index (κ3) is 1.78. The molecule has 4 nitrogen and oxygen atoms in total. The van der Waals surface area contributed by atoms with Crippen molar-refractivity contribution in [3.8, 4) is 0 Å². The Kier molecular flexibility index (Phi) is 3.11. The highest BCUT2D eigenvalue weighted by Gasteiger charge is 2.46. The molecule has 2 rings (SSSR count). The minimum atomic E-state index is -0.864. The van der Waals surface area contributed by atoms with Gasteiger partial charge in [-0.3, -0.25) is 9.59 Å². The minimum Gasteiger partial charge on any atom is -0.481 e. The summed E-state index contributed by atoms with van der Waals surface area (Å²) in [6, 6.07) is 7.63. The van der Waals surface area contributed by atoms with E-state index >= 15 is 0 Å². The number of hydrogen-bond donors (Lipinski definition) is 1. The van der Waals surface area contributed by atoms with E-state index in [2.05, 4.69) is 0 Å². The van der Waals surface area contributed by atoms with Gasteiger partial charge in [-0.05, 0) is 31.9 Å². The molecule has 1 heterocycles. The highest BCUT2D eigenvalue weighted by atomic mass is 16.4. The smallest absolute Gasteiger partial charge is 0.303 e. The number of anilines is 1.